The Morgan fingerprint density at radius 3 is 1.95 bits per heavy atom. The van der Waals surface area contributed by atoms with Gasteiger partial charge in [-0.1, -0.05) is 0 Å². The number of rotatable bonds is 4. The van der Waals surface area contributed by atoms with Gasteiger partial charge < -0.3 is 19.5 Å². The molecule has 6 nitrogen and oxygen atoms in total. The highest BCUT2D eigenvalue weighted by Gasteiger charge is 2.28. The second-order valence-corrected chi connectivity index (χ2v) is 6.07. The predicted molar refractivity (Wildman–Crippen MR) is 71.0 cm³/mol. The molecule has 0 rings (SSSR count). The maximum atomic E-state index is 11.5. The molecule has 0 bridgehead atoms. The van der Waals surface area contributed by atoms with Gasteiger partial charge in [-0.25, -0.2) is 9.59 Å². The lowest BCUT2D eigenvalue weighted by Gasteiger charge is -2.27. The fourth-order valence-corrected chi connectivity index (χ4v) is 1.47. The summed E-state index contributed by atoms with van der Waals surface area (Å²) in [4.78, 5) is 22.7. The highest BCUT2D eigenvalue weighted by atomic mass is 16.8. The number of nitrogens with one attached hydrogen (secondary N) is 1. The van der Waals surface area contributed by atoms with Crippen LogP contribution in [0, 0.1) is 0 Å². The highest BCUT2D eigenvalue weighted by molar-refractivity contribution is 5.77. The standard InChI is InChI=1S/C13H25NO5/c1-9(14-7)8-13(5,6)19-11(16)17-10(15)18-12(2,3)4/h9,14H,8H2,1-7H3. The molecule has 112 valence electrons. The monoisotopic (exact) mass is 275 g/mol. The molecule has 0 saturated heterocycles. The van der Waals surface area contributed by atoms with Crippen LogP contribution < -0.4 is 5.32 Å². The van der Waals surface area contributed by atoms with Gasteiger partial charge in [0.15, 0.2) is 0 Å². The van der Waals surface area contributed by atoms with Gasteiger partial charge in [0.25, 0.3) is 0 Å². The molecule has 1 unspecified atom stereocenters. The molecule has 1 N–H and O–H groups in total. The van der Waals surface area contributed by atoms with Crippen LogP contribution in [-0.2, 0) is 14.2 Å². The maximum Gasteiger partial charge on any atom is 0.519 e. The third-order valence-electron chi connectivity index (χ3n) is 2.21. The van der Waals surface area contributed by atoms with Gasteiger partial charge in [0, 0.05) is 12.5 Å². The normalized spacial score (nSPS) is 13.6. The van der Waals surface area contributed by atoms with Gasteiger partial charge >= 0.3 is 12.3 Å². The Kier molecular flexibility index (Phi) is 6.29. The van der Waals surface area contributed by atoms with E-state index < -0.39 is 23.5 Å². The summed E-state index contributed by atoms with van der Waals surface area (Å²) in [5.41, 5.74) is -1.45. The number of carbonyl (C=O) groups is 2. The van der Waals surface area contributed by atoms with Crippen molar-refractivity contribution in [3.8, 4) is 0 Å². The number of hydrogen-bond donors (Lipinski definition) is 1. The number of ether oxygens (including phenoxy) is 3. The molecule has 0 aliphatic carbocycles. The van der Waals surface area contributed by atoms with E-state index in [4.69, 9.17) is 9.47 Å². The molecule has 1 atom stereocenters. The summed E-state index contributed by atoms with van der Waals surface area (Å²) in [7, 11) is 1.82. The van der Waals surface area contributed by atoms with Crippen molar-refractivity contribution in [3.63, 3.8) is 0 Å². The van der Waals surface area contributed by atoms with E-state index in [0.717, 1.165) is 0 Å². The van der Waals surface area contributed by atoms with Crippen LogP contribution in [0.25, 0.3) is 0 Å². The Hall–Kier alpha value is -1.30. The van der Waals surface area contributed by atoms with Crippen LogP contribution in [-0.4, -0.2) is 36.6 Å². The SMILES string of the molecule is CNC(C)CC(C)(C)OC(=O)OC(=O)OC(C)(C)C. The molecular formula is C13H25NO5. The quantitative estimate of drug-likeness (QED) is 0.628. The zero-order chi connectivity index (χ0) is 15.3. The Morgan fingerprint density at radius 2 is 1.53 bits per heavy atom. The zero-order valence-electron chi connectivity index (χ0n) is 12.8. The van der Waals surface area contributed by atoms with Crippen LogP contribution in [0.3, 0.4) is 0 Å². The van der Waals surface area contributed by atoms with Crippen molar-refractivity contribution < 1.29 is 23.8 Å². The van der Waals surface area contributed by atoms with Gasteiger partial charge in [-0.2, -0.15) is 0 Å². The topological polar surface area (TPSA) is 73.9 Å². The smallest absolute Gasteiger partial charge is 0.428 e. The largest absolute Gasteiger partial charge is 0.519 e. The Morgan fingerprint density at radius 1 is 1.05 bits per heavy atom. The number of hydrogen-bond acceptors (Lipinski definition) is 6. The zero-order valence-corrected chi connectivity index (χ0v) is 12.8. The molecule has 0 aromatic carbocycles. The van der Waals surface area contributed by atoms with Crippen molar-refractivity contribution >= 4 is 12.3 Å². The van der Waals surface area contributed by atoms with E-state index in [1.54, 1.807) is 34.6 Å². The molecule has 0 heterocycles. The first kappa shape index (κ1) is 17.7. The van der Waals surface area contributed by atoms with Gasteiger partial charge in [-0.05, 0) is 48.6 Å². The summed E-state index contributed by atoms with van der Waals surface area (Å²) in [5.74, 6) is 0. The minimum absolute atomic E-state index is 0.171. The Balaban J connectivity index is 4.27. The van der Waals surface area contributed by atoms with E-state index >= 15 is 0 Å². The second-order valence-electron chi connectivity index (χ2n) is 6.07. The average molecular weight is 275 g/mol. The van der Waals surface area contributed by atoms with Crippen LogP contribution >= 0.6 is 0 Å². The molecule has 0 aromatic heterocycles. The summed E-state index contributed by atoms with van der Waals surface area (Å²) in [6.07, 6.45) is -1.52. The molecule has 0 spiro atoms. The van der Waals surface area contributed by atoms with Gasteiger partial charge in [0.05, 0.1) is 0 Å². The molecule has 0 saturated carbocycles. The van der Waals surface area contributed by atoms with E-state index in [1.807, 2.05) is 14.0 Å². The van der Waals surface area contributed by atoms with E-state index in [1.165, 1.54) is 0 Å². The first-order chi connectivity index (χ1) is 8.45. The van der Waals surface area contributed by atoms with Gasteiger partial charge in [0.2, 0.25) is 0 Å². The minimum atomic E-state index is -1.06. The van der Waals surface area contributed by atoms with Crippen LogP contribution in [0.4, 0.5) is 9.59 Å². The number of carbonyl (C=O) groups excluding carboxylic acids is 2. The predicted octanol–water partition coefficient (Wildman–Crippen LogP) is 2.85. The van der Waals surface area contributed by atoms with Crippen LogP contribution in [0.5, 0.6) is 0 Å². The van der Waals surface area contributed by atoms with Crippen LogP contribution in [0.15, 0.2) is 0 Å². The van der Waals surface area contributed by atoms with Crippen molar-refractivity contribution in [3.05, 3.63) is 0 Å². The van der Waals surface area contributed by atoms with Gasteiger partial charge in [-0.3, -0.25) is 0 Å². The molecule has 0 aliphatic heterocycles. The highest BCUT2D eigenvalue weighted by Crippen LogP contribution is 2.18. The summed E-state index contributed by atoms with van der Waals surface area (Å²) in [6.45, 7) is 10.5. The van der Waals surface area contributed by atoms with Crippen molar-refractivity contribution in [1.29, 1.82) is 0 Å². The third-order valence-corrected chi connectivity index (χ3v) is 2.21. The average Bonchev–Trinajstić information content (AvgIpc) is 2.11. The maximum absolute atomic E-state index is 11.5. The molecular weight excluding hydrogens is 250 g/mol. The fourth-order valence-electron chi connectivity index (χ4n) is 1.47. The van der Waals surface area contributed by atoms with Crippen LogP contribution in [0.2, 0.25) is 0 Å². The fraction of sp³-hybridized carbons (Fsp3) is 0.846. The van der Waals surface area contributed by atoms with Crippen molar-refractivity contribution in [2.45, 2.75) is 65.2 Å². The summed E-state index contributed by atoms with van der Waals surface area (Å²) in [6, 6.07) is 0.171. The summed E-state index contributed by atoms with van der Waals surface area (Å²) >= 11 is 0. The van der Waals surface area contributed by atoms with Gasteiger partial charge in [-0.15, -0.1) is 0 Å². The van der Waals surface area contributed by atoms with Crippen LogP contribution in [0.1, 0.15) is 48.0 Å². The van der Waals surface area contributed by atoms with E-state index in [0.29, 0.717) is 6.42 Å². The lowest BCUT2D eigenvalue weighted by atomic mass is 10.0. The Bertz CT molecular complexity index is 319. The second kappa shape index (κ2) is 6.75. The first-order valence-corrected chi connectivity index (χ1v) is 6.26. The van der Waals surface area contributed by atoms with E-state index in [9.17, 15) is 9.59 Å². The molecule has 6 heteroatoms. The molecule has 0 aliphatic rings. The lowest BCUT2D eigenvalue weighted by Crippen LogP contribution is -2.37. The van der Waals surface area contributed by atoms with Crippen molar-refractivity contribution in [2.24, 2.45) is 0 Å². The first-order valence-electron chi connectivity index (χ1n) is 6.26. The molecule has 0 fully saturated rings. The Labute approximate surface area is 114 Å². The molecule has 0 amide bonds. The summed E-state index contributed by atoms with van der Waals surface area (Å²) < 4.78 is 14.4. The van der Waals surface area contributed by atoms with Gasteiger partial charge in [0.1, 0.15) is 11.2 Å². The van der Waals surface area contributed by atoms with Crippen molar-refractivity contribution in [1.82, 2.24) is 5.32 Å². The minimum Gasteiger partial charge on any atom is -0.428 e. The summed E-state index contributed by atoms with van der Waals surface area (Å²) in [5, 5.41) is 3.04. The van der Waals surface area contributed by atoms with E-state index in [2.05, 4.69) is 10.1 Å². The molecule has 19 heavy (non-hydrogen) atoms. The third kappa shape index (κ3) is 9.30. The van der Waals surface area contributed by atoms with E-state index in [-0.39, 0.29) is 6.04 Å². The molecule has 0 aromatic rings. The lowest BCUT2D eigenvalue weighted by molar-refractivity contribution is -0.0382. The van der Waals surface area contributed by atoms with Crippen molar-refractivity contribution in [2.75, 3.05) is 7.05 Å². The molecule has 0 radical (unpaired) electrons.